The number of para-hydroxylation sites is 1. The first-order valence-corrected chi connectivity index (χ1v) is 4.94. The summed E-state index contributed by atoms with van der Waals surface area (Å²) in [5.74, 6) is -0.693. The molecule has 1 aliphatic rings. The fraction of sp³-hybridized carbons (Fsp3) is 0.364. The molecule has 2 rings (SSSR count). The minimum atomic E-state index is -0.427. The van der Waals surface area contributed by atoms with E-state index in [1.54, 1.807) is 12.1 Å². The van der Waals surface area contributed by atoms with E-state index in [0.29, 0.717) is 13.0 Å². The molecule has 1 unspecified atom stereocenters. The Labute approximate surface area is 87.2 Å². The van der Waals surface area contributed by atoms with Gasteiger partial charge in [-0.3, -0.25) is 4.79 Å². The van der Waals surface area contributed by atoms with E-state index in [0.717, 1.165) is 6.42 Å². The number of ether oxygens (including phenoxy) is 1. The van der Waals surface area contributed by atoms with Crippen LogP contribution in [0.3, 0.4) is 0 Å². The highest BCUT2D eigenvalue weighted by atomic mass is 19.1. The summed E-state index contributed by atoms with van der Waals surface area (Å²) >= 11 is 0. The fourth-order valence-electron chi connectivity index (χ4n) is 1.56. The molecule has 1 aromatic carbocycles. The van der Waals surface area contributed by atoms with Gasteiger partial charge >= 0.3 is 0 Å². The molecular formula is C11H12FNO2. The molecule has 0 saturated carbocycles. The molecule has 1 aliphatic heterocycles. The predicted molar refractivity (Wildman–Crippen MR) is 54.0 cm³/mol. The minimum Gasteiger partial charge on any atom is -0.368 e. The second-order valence-electron chi connectivity index (χ2n) is 3.47. The van der Waals surface area contributed by atoms with Crippen molar-refractivity contribution in [3.8, 4) is 0 Å². The van der Waals surface area contributed by atoms with E-state index in [-0.39, 0.29) is 11.6 Å². The van der Waals surface area contributed by atoms with Gasteiger partial charge in [0.25, 0.3) is 5.91 Å². The quantitative estimate of drug-likeness (QED) is 0.808. The van der Waals surface area contributed by atoms with Crippen molar-refractivity contribution in [2.45, 2.75) is 18.9 Å². The zero-order valence-corrected chi connectivity index (χ0v) is 8.20. The molecular weight excluding hydrogens is 197 g/mol. The summed E-state index contributed by atoms with van der Waals surface area (Å²) in [6.07, 6.45) is 1.17. The van der Waals surface area contributed by atoms with Gasteiger partial charge in [-0.15, -0.1) is 0 Å². The third kappa shape index (κ3) is 2.33. The summed E-state index contributed by atoms with van der Waals surface area (Å²) in [7, 11) is 0. The molecule has 0 spiro atoms. The van der Waals surface area contributed by atoms with Crippen LogP contribution in [0.4, 0.5) is 10.1 Å². The molecule has 1 atom stereocenters. The third-order valence-electron chi connectivity index (χ3n) is 2.35. The van der Waals surface area contributed by atoms with Gasteiger partial charge < -0.3 is 10.1 Å². The van der Waals surface area contributed by atoms with Crippen molar-refractivity contribution in [3.05, 3.63) is 30.1 Å². The molecule has 1 N–H and O–H groups in total. The van der Waals surface area contributed by atoms with Gasteiger partial charge in [-0.2, -0.15) is 0 Å². The Morgan fingerprint density at radius 2 is 2.27 bits per heavy atom. The van der Waals surface area contributed by atoms with E-state index in [1.807, 2.05) is 0 Å². The van der Waals surface area contributed by atoms with E-state index < -0.39 is 11.9 Å². The van der Waals surface area contributed by atoms with Crippen molar-refractivity contribution in [1.82, 2.24) is 0 Å². The molecule has 3 nitrogen and oxygen atoms in total. The molecule has 1 heterocycles. The highest BCUT2D eigenvalue weighted by molar-refractivity contribution is 5.94. The molecule has 1 aromatic rings. The summed E-state index contributed by atoms with van der Waals surface area (Å²) in [6, 6.07) is 6.10. The average molecular weight is 209 g/mol. The smallest absolute Gasteiger partial charge is 0.253 e. The number of anilines is 1. The Morgan fingerprint density at radius 3 is 2.93 bits per heavy atom. The van der Waals surface area contributed by atoms with Gasteiger partial charge in [-0.05, 0) is 25.0 Å². The Hall–Kier alpha value is -1.42. The van der Waals surface area contributed by atoms with E-state index in [2.05, 4.69) is 5.32 Å². The Morgan fingerprint density at radius 1 is 1.47 bits per heavy atom. The van der Waals surface area contributed by atoms with Crippen LogP contribution in [0.2, 0.25) is 0 Å². The number of hydrogen-bond donors (Lipinski definition) is 1. The van der Waals surface area contributed by atoms with Crippen LogP contribution in [-0.4, -0.2) is 18.6 Å². The van der Waals surface area contributed by atoms with Crippen LogP contribution in [0, 0.1) is 5.82 Å². The molecule has 0 aromatic heterocycles. The molecule has 80 valence electrons. The van der Waals surface area contributed by atoms with Gasteiger partial charge in [0.05, 0.1) is 5.69 Å². The molecule has 1 amide bonds. The topological polar surface area (TPSA) is 38.3 Å². The number of nitrogens with one attached hydrogen (secondary N) is 1. The van der Waals surface area contributed by atoms with E-state index >= 15 is 0 Å². The van der Waals surface area contributed by atoms with Gasteiger partial charge in [0.2, 0.25) is 0 Å². The second kappa shape index (κ2) is 4.40. The SMILES string of the molecule is O=C(Nc1ccccc1F)C1CCCO1. The van der Waals surface area contributed by atoms with E-state index in [1.165, 1.54) is 12.1 Å². The largest absolute Gasteiger partial charge is 0.368 e. The molecule has 1 fully saturated rings. The first-order chi connectivity index (χ1) is 7.27. The van der Waals surface area contributed by atoms with Gasteiger partial charge in [0.15, 0.2) is 0 Å². The van der Waals surface area contributed by atoms with Gasteiger partial charge in [-0.25, -0.2) is 4.39 Å². The number of carbonyl (C=O) groups excluding carboxylic acids is 1. The molecule has 15 heavy (non-hydrogen) atoms. The van der Waals surface area contributed by atoms with Crippen LogP contribution in [0.5, 0.6) is 0 Å². The minimum absolute atomic E-state index is 0.206. The van der Waals surface area contributed by atoms with E-state index in [9.17, 15) is 9.18 Å². The molecule has 0 radical (unpaired) electrons. The standard InChI is InChI=1S/C11H12FNO2/c12-8-4-1-2-5-9(8)13-11(14)10-6-3-7-15-10/h1-2,4-5,10H,3,6-7H2,(H,13,14). The maximum atomic E-state index is 13.2. The first-order valence-electron chi connectivity index (χ1n) is 4.94. The average Bonchev–Trinajstić information content (AvgIpc) is 2.74. The van der Waals surface area contributed by atoms with Crippen LogP contribution < -0.4 is 5.32 Å². The lowest BCUT2D eigenvalue weighted by Crippen LogP contribution is -2.27. The van der Waals surface area contributed by atoms with Crippen molar-refractivity contribution in [2.24, 2.45) is 0 Å². The summed E-state index contributed by atoms with van der Waals surface area (Å²) in [5.41, 5.74) is 0.206. The number of hydrogen-bond acceptors (Lipinski definition) is 2. The Bertz CT molecular complexity index is 361. The molecule has 4 heteroatoms. The molecule has 0 aliphatic carbocycles. The normalized spacial score (nSPS) is 20.2. The zero-order chi connectivity index (χ0) is 10.7. The van der Waals surface area contributed by atoms with Crippen LogP contribution in [0.1, 0.15) is 12.8 Å². The lowest BCUT2D eigenvalue weighted by atomic mass is 10.2. The van der Waals surface area contributed by atoms with Crippen LogP contribution in [0.25, 0.3) is 0 Å². The maximum absolute atomic E-state index is 13.2. The van der Waals surface area contributed by atoms with Crippen molar-refractivity contribution in [1.29, 1.82) is 0 Å². The Kier molecular flexibility index (Phi) is 2.97. The lowest BCUT2D eigenvalue weighted by molar-refractivity contribution is -0.124. The molecule has 0 bridgehead atoms. The fourth-order valence-corrected chi connectivity index (χ4v) is 1.56. The zero-order valence-electron chi connectivity index (χ0n) is 8.20. The molecule has 1 saturated heterocycles. The lowest BCUT2D eigenvalue weighted by Gasteiger charge is -2.10. The van der Waals surface area contributed by atoms with Crippen molar-refractivity contribution in [2.75, 3.05) is 11.9 Å². The maximum Gasteiger partial charge on any atom is 0.253 e. The van der Waals surface area contributed by atoms with Crippen LogP contribution >= 0.6 is 0 Å². The number of halogens is 1. The number of carbonyl (C=O) groups is 1. The van der Waals surface area contributed by atoms with Crippen LogP contribution in [-0.2, 0) is 9.53 Å². The Balaban J connectivity index is 2.02. The highest BCUT2D eigenvalue weighted by Gasteiger charge is 2.23. The van der Waals surface area contributed by atoms with Crippen molar-refractivity contribution >= 4 is 11.6 Å². The first kappa shape index (κ1) is 10.1. The summed E-state index contributed by atoms with van der Waals surface area (Å²) in [6.45, 7) is 0.607. The third-order valence-corrected chi connectivity index (χ3v) is 2.35. The van der Waals surface area contributed by atoms with Crippen LogP contribution in [0.15, 0.2) is 24.3 Å². The summed E-state index contributed by atoms with van der Waals surface area (Å²) in [5, 5.41) is 2.51. The number of amides is 1. The second-order valence-corrected chi connectivity index (χ2v) is 3.47. The number of benzene rings is 1. The summed E-state index contributed by atoms with van der Waals surface area (Å²) < 4.78 is 18.4. The summed E-state index contributed by atoms with van der Waals surface area (Å²) in [4.78, 5) is 11.6. The predicted octanol–water partition coefficient (Wildman–Crippen LogP) is 1.94. The highest BCUT2D eigenvalue weighted by Crippen LogP contribution is 2.17. The van der Waals surface area contributed by atoms with Gasteiger partial charge in [0.1, 0.15) is 11.9 Å². The van der Waals surface area contributed by atoms with Gasteiger partial charge in [-0.1, -0.05) is 12.1 Å². The number of rotatable bonds is 2. The van der Waals surface area contributed by atoms with Gasteiger partial charge in [0, 0.05) is 6.61 Å². The monoisotopic (exact) mass is 209 g/mol. The van der Waals surface area contributed by atoms with E-state index in [4.69, 9.17) is 4.74 Å². The van der Waals surface area contributed by atoms with Crippen molar-refractivity contribution in [3.63, 3.8) is 0 Å². The van der Waals surface area contributed by atoms with Crippen molar-refractivity contribution < 1.29 is 13.9 Å².